The molecule has 0 unspecified atom stereocenters. The smallest absolute Gasteiger partial charge is 0.249 e. The van der Waals surface area contributed by atoms with Crippen LogP contribution >= 0.6 is 0 Å². The molecule has 0 radical (unpaired) electrons. The number of aromatic nitrogens is 3. The van der Waals surface area contributed by atoms with Crippen molar-refractivity contribution in [1.82, 2.24) is 15.2 Å². The van der Waals surface area contributed by atoms with Crippen LogP contribution in [0.4, 0.5) is 28.8 Å². The molecule has 138 valence electrons. The number of methoxy groups -OCH3 is 1. The molecule has 27 heavy (non-hydrogen) atoms. The van der Waals surface area contributed by atoms with Gasteiger partial charge in [-0.2, -0.15) is 10.1 Å². The van der Waals surface area contributed by atoms with E-state index >= 15 is 0 Å². The molecule has 1 heterocycles. The lowest BCUT2D eigenvalue weighted by Gasteiger charge is -2.11. The molecule has 3 rings (SSSR count). The number of nitrogens with one attached hydrogen (secondary N) is 3. The molecule has 0 fully saturated rings. The SMILES string of the molecule is COc1ccc(C)cc1Nc1nncc(Nc2ccc(NC(C)=O)cc2)n1. The Hall–Kier alpha value is -3.68. The maximum absolute atomic E-state index is 11.1. The van der Waals surface area contributed by atoms with Crippen molar-refractivity contribution in [3.8, 4) is 5.75 Å². The lowest BCUT2D eigenvalue weighted by atomic mass is 10.2. The number of hydrogen-bond acceptors (Lipinski definition) is 7. The predicted molar refractivity (Wildman–Crippen MR) is 105 cm³/mol. The van der Waals surface area contributed by atoms with Crippen molar-refractivity contribution in [1.29, 1.82) is 0 Å². The van der Waals surface area contributed by atoms with Crippen LogP contribution < -0.4 is 20.7 Å². The van der Waals surface area contributed by atoms with Gasteiger partial charge in [-0.1, -0.05) is 6.07 Å². The lowest BCUT2D eigenvalue weighted by Crippen LogP contribution is -2.06. The Balaban J connectivity index is 1.74. The maximum atomic E-state index is 11.1. The van der Waals surface area contributed by atoms with Gasteiger partial charge in [-0.25, -0.2) is 0 Å². The molecule has 0 aliphatic rings. The molecular weight excluding hydrogens is 344 g/mol. The van der Waals surface area contributed by atoms with Crippen LogP contribution in [0.2, 0.25) is 0 Å². The fourth-order valence-corrected chi connectivity index (χ4v) is 2.44. The zero-order valence-corrected chi connectivity index (χ0v) is 15.3. The summed E-state index contributed by atoms with van der Waals surface area (Å²) in [4.78, 5) is 15.5. The number of nitrogens with zero attached hydrogens (tertiary/aromatic N) is 3. The summed E-state index contributed by atoms with van der Waals surface area (Å²) in [5.74, 6) is 1.46. The van der Waals surface area contributed by atoms with Crippen molar-refractivity contribution in [2.24, 2.45) is 0 Å². The third-order valence-corrected chi connectivity index (χ3v) is 3.64. The zero-order chi connectivity index (χ0) is 19.2. The molecule has 1 aromatic heterocycles. The highest BCUT2D eigenvalue weighted by Gasteiger charge is 2.07. The van der Waals surface area contributed by atoms with Gasteiger partial charge in [0.15, 0.2) is 5.82 Å². The van der Waals surface area contributed by atoms with Gasteiger partial charge in [0.25, 0.3) is 0 Å². The third kappa shape index (κ3) is 4.91. The van der Waals surface area contributed by atoms with Crippen LogP contribution in [-0.2, 0) is 4.79 Å². The van der Waals surface area contributed by atoms with Gasteiger partial charge in [0.1, 0.15) is 5.75 Å². The first-order chi connectivity index (χ1) is 13.0. The third-order valence-electron chi connectivity index (χ3n) is 3.64. The van der Waals surface area contributed by atoms with E-state index in [1.54, 1.807) is 19.2 Å². The number of carbonyl (C=O) groups is 1. The number of rotatable bonds is 6. The number of hydrogen-bond donors (Lipinski definition) is 3. The molecule has 3 aromatic rings. The van der Waals surface area contributed by atoms with Crippen molar-refractivity contribution in [2.45, 2.75) is 13.8 Å². The first kappa shape index (κ1) is 18.1. The second-order valence-corrected chi connectivity index (χ2v) is 5.88. The summed E-state index contributed by atoms with van der Waals surface area (Å²) in [6.07, 6.45) is 1.53. The van der Waals surface area contributed by atoms with Gasteiger partial charge in [-0.3, -0.25) is 4.79 Å². The van der Waals surface area contributed by atoms with E-state index in [0.29, 0.717) is 17.5 Å². The number of ether oxygens (including phenoxy) is 1. The minimum atomic E-state index is -0.113. The van der Waals surface area contributed by atoms with E-state index in [4.69, 9.17) is 4.74 Å². The van der Waals surface area contributed by atoms with Crippen molar-refractivity contribution >= 4 is 34.7 Å². The molecule has 0 atom stereocenters. The number of amides is 1. The molecule has 0 saturated carbocycles. The number of carbonyl (C=O) groups excluding carboxylic acids is 1. The summed E-state index contributed by atoms with van der Waals surface area (Å²) in [5, 5.41) is 17.0. The van der Waals surface area contributed by atoms with E-state index in [9.17, 15) is 4.79 Å². The quantitative estimate of drug-likeness (QED) is 0.614. The monoisotopic (exact) mass is 364 g/mol. The second kappa shape index (κ2) is 8.13. The van der Waals surface area contributed by atoms with Crippen molar-refractivity contribution in [3.05, 3.63) is 54.2 Å². The Labute approximate surface area is 157 Å². The van der Waals surface area contributed by atoms with Crippen molar-refractivity contribution in [3.63, 3.8) is 0 Å². The van der Waals surface area contributed by atoms with Crippen LogP contribution in [0, 0.1) is 6.92 Å². The molecule has 0 saturated heterocycles. The zero-order valence-electron chi connectivity index (χ0n) is 15.3. The number of aryl methyl sites for hydroxylation is 1. The van der Waals surface area contributed by atoms with Crippen molar-refractivity contribution in [2.75, 3.05) is 23.1 Å². The van der Waals surface area contributed by atoms with Crippen LogP contribution in [0.1, 0.15) is 12.5 Å². The van der Waals surface area contributed by atoms with Gasteiger partial charge < -0.3 is 20.7 Å². The summed E-state index contributed by atoms with van der Waals surface area (Å²) in [5.41, 5.74) is 3.38. The topological polar surface area (TPSA) is 101 Å². The molecule has 2 aromatic carbocycles. The predicted octanol–water partition coefficient (Wildman–Crippen LogP) is 3.63. The summed E-state index contributed by atoms with van der Waals surface area (Å²) in [6, 6.07) is 13.1. The number of anilines is 5. The Kier molecular flexibility index (Phi) is 5.46. The summed E-state index contributed by atoms with van der Waals surface area (Å²) in [6.45, 7) is 3.46. The summed E-state index contributed by atoms with van der Waals surface area (Å²) < 4.78 is 5.35. The lowest BCUT2D eigenvalue weighted by molar-refractivity contribution is -0.114. The Bertz CT molecular complexity index is 943. The average molecular weight is 364 g/mol. The van der Waals surface area contributed by atoms with E-state index in [0.717, 1.165) is 22.6 Å². The minimum Gasteiger partial charge on any atom is -0.495 e. The van der Waals surface area contributed by atoms with Crippen LogP contribution in [0.15, 0.2) is 48.7 Å². The average Bonchev–Trinajstić information content (AvgIpc) is 2.63. The standard InChI is InChI=1S/C19H20N6O2/c1-12-4-9-17(27-3)16(10-12)23-19-24-18(11-20-25-19)22-15-7-5-14(6-8-15)21-13(2)26/h4-11H,1-3H3,(H,21,26)(H2,22,23,24,25). The fraction of sp³-hybridized carbons (Fsp3) is 0.158. The Morgan fingerprint density at radius 3 is 2.48 bits per heavy atom. The van der Waals surface area contributed by atoms with Gasteiger partial charge in [0.2, 0.25) is 11.9 Å². The van der Waals surface area contributed by atoms with E-state index < -0.39 is 0 Å². The highest BCUT2D eigenvalue weighted by molar-refractivity contribution is 5.88. The molecule has 3 N–H and O–H groups in total. The van der Waals surface area contributed by atoms with E-state index in [2.05, 4.69) is 31.1 Å². The first-order valence-corrected chi connectivity index (χ1v) is 8.29. The van der Waals surface area contributed by atoms with Crippen LogP contribution in [0.25, 0.3) is 0 Å². The molecule has 0 aliphatic heterocycles. The van der Waals surface area contributed by atoms with Crippen LogP contribution in [0.5, 0.6) is 5.75 Å². The van der Waals surface area contributed by atoms with Gasteiger partial charge in [0.05, 0.1) is 19.0 Å². The van der Waals surface area contributed by atoms with E-state index in [1.807, 2.05) is 37.3 Å². The molecule has 0 aliphatic carbocycles. The number of benzene rings is 2. The molecule has 0 bridgehead atoms. The van der Waals surface area contributed by atoms with Crippen LogP contribution in [0.3, 0.4) is 0 Å². The first-order valence-electron chi connectivity index (χ1n) is 8.29. The van der Waals surface area contributed by atoms with Gasteiger partial charge in [-0.05, 0) is 48.9 Å². The van der Waals surface area contributed by atoms with Crippen LogP contribution in [-0.4, -0.2) is 28.2 Å². The van der Waals surface area contributed by atoms with Gasteiger partial charge in [-0.15, -0.1) is 5.10 Å². The normalized spacial score (nSPS) is 10.2. The maximum Gasteiger partial charge on any atom is 0.249 e. The molecule has 0 spiro atoms. The highest BCUT2D eigenvalue weighted by Crippen LogP contribution is 2.27. The van der Waals surface area contributed by atoms with E-state index in [-0.39, 0.29) is 5.91 Å². The highest BCUT2D eigenvalue weighted by atomic mass is 16.5. The largest absolute Gasteiger partial charge is 0.495 e. The van der Waals surface area contributed by atoms with Gasteiger partial charge >= 0.3 is 0 Å². The Morgan fingerprint density at radius 2 is 1.78 bits per heavy atom. The van der Waals surface area contributed by atoms with Crippen molar-refractivity contribution < 1.29 is 9.53 Å². The van der Waals surface area contributed by atoms with E-state index in [1.165, 1.54) is 13.1 Å². The molecular formula is C19H20N6O2. The Morgan fingerprint density at radius 1 is 1.04 bits per heavy atom. The molecule has 8 nitrogen and oxygen atoms in total. The minimum absolute atomic E-state index is 0.113. The fourth-order valence-electron chi connectivity index (χ4n) is 2.44. The molecule has 8 heteroatoms. The second-order valence-electron chi connectivity index (χ2n) is 5.88. The van der Waals surface area contributed by atoms with Gasteiger partial charge in [0, 0.05) is 18.3 Å². The molecule has 1 amide bonds. The summed E-state index contributed by atoms with van der Waals surface area (Å²) >= 11 is 0. The summed E-state index contributed by atoms with van der Waals surface area (Å²) in [7, 11) is 1.61.